The van der Waals surface area contributed by atoms with Gasteiger partial charge in [0.05, 0.1) is 21.3 Å². The summed E-state index contributed by atoms with van der Waals surface area (Å²) in [6, 6.07) is 3.96. The molecule has 2 saturated heterocycles. The molecule has 0 unspecified atom stereocenters. The van der Waals surface area contributed by atoms with E-state index in [-0.39, 0.29) is 52.3 Å². The van der Waals surface area contributed by atoms with Crippen molar-refractivity contribution in [3.63, 3.8) is 0 Å². The van der Waals surface area contributed by atoms with Crippen molar-refractivity contribution in [3.8, 4) is 10.7 Å². The van der Waals surface area contributed by atoms with E-state index in [2.05, 4.69) is 25.7 Å². The number of piperidine rings is 1. The minimum Gasteiger partial charge on any atom is -0.383 e. The highest BCUT2D eigenvalue weighted by molar-refractivity contribution is 8.00. The van der Waals surface area contributed by atoms with Crippen LogP contribution in [0.2, 0.25) is 0 Å². The van der Waals surface area contributed by atoms with E-state index in [1.165, 1.54) is 0 Å². The van der Waals surface area contributed by atoms with E-state index in [9.17, 15) is 27.5 Å². The number of aliphatic hydroxyl groups is 1. The molecule has 5 rings (SSSR count). The molecule has 0 aliphatic carbocycles. The molecule has 3 aromatic rings. The van der Waals surface area contributed by atoms with Crippen molar-refractivity contribution >= 4 is 44.8 Å². The number of fused-ring (bicyclic) bond motifs is 1. The van der Waals surface area contributed by atoms with Gasteiger partial charge in [0.2, 0.25) is 17.6 Å². The van der Waals surface area contributed by atoms with Crippen LogP contribution in [0.3, 0.4) is 0 Å². The summed E-state index contributed by atoms with van der Waals surface area (Å²) < 4.78 is 61.4. The first-order valence-electron chi connectivity index (χ1n) is 11.8. The lowest BCUT2D eigenvalue weighted by atomic mass is 10.0. The number of aliphatic hydroxyl groups excluding tert-OH is 1. The molecular weight excluding hydrogens is 534 g/mol. The van der Waals surface area contributed by atoms with E-state index in [0.717, 1.165) is 11.3 Å². The number of carbonyl (C=O) groups excluding carboxylic acids is 1. The van der Waals surface area contributed by atoms with Crippen LogP contribution in [-0.4, -0.2) is 69.0 Å². The molecule has 2 aliphatic heterocycles. The van der Waals surface area contributed by atoms with E-state index in [1.54, 1.807) is 18.2 Å². The Kier molecular flexibility index (Phi) is 7.11. The number of anilines is 1. The van der Waals surface area contributed by atoms with Crippen LogP contribution in [0.25, 0.3) is 20.8 Å². The average Bonchev–Trinajstić information content (AvgIpc) is 3.52. The van der Waals surface area contributed by atoms with Crippen LogP contribution in [0.1, 0.15) is 38.6 Å². The molecule has 37 heavy (non-hydrogen) atoms. The number of amides is 1. The lowest BCUT2D eigenvalue weighted by Gasteiger charge is -2.37. The highest BCUT2D eigenvalue weighted by Gasteiger charge is 2.37. The second-order valence-corrected chi connectivity index (χ2v) is 11.5. The Labute approximate surface area is 217 Å². The standard InChI is InChI=1S/C23H25F4N5O3S2/c1-10(2)32-7-6-13(12(24)9-32)28-14-5-3-4-11-17(14)36-19(18(11)37-23(25,26)27)20-30-22(35-31-20)15-8-16(33)21(34)29-15/h3-5,10,12-13,15-16,28,33H,6-9H2,1-2H3,(H,29,34)/t12-,13+,15+,16+/m0/s1. The number of likely N-dealkylation sites (tertiary alicyclic amines) is 1. The first-order chi connectivity index (χ1) is 17.5. The third-order valence-corrected chi connectivity index (χ3v) is 8.78. The number of nitrogens with one attached hydrogen (secondary N) is 2. The summed E-state index contributed by atoms with van der Waals surface area (Å²) in [5, 5.41) is 19.6. The Balaban J connectivity index is 1.49. The van der Waals surface area contributed by atoms with E-state index in [1.807, 2.05) is 13.8 Å². The molecule has 0 bridgehead atoms. The monoisotopic (exact) mass is 559 g/mol. The zero-order valence-electron chi connectivity index (χ0n) is 19.9. The lowest BCUT2D eigenvalue weighted by molar-refractivity contribution is -0.126. The highest BCUT2D eigenvalue weighted by Crippen LogP contribution is 2.51. The number of hydrogen-bond donors (Lipinski definition) is 3. The molecule has 4 atom stereocenters. The van der Waals surface area contributed by atoms with Crippen molar-refractivity contribution in [1.29, 1.82) is 0 Å². The number of thioether (sulfide) groups is 1. The largest absolute Gasteiger partial charge is 0.446 e. The predicted molar refractivity (Wildman–Crippen MR) is 132 cm³/mol. The molecule has 0 spiro atoms. The predicted octanol–water partition coefficient (Wildman–Crippen LogP) is 4.72. The smallest absolute Gasteiger partial charge is 0.383 e. The number of thiophene rings is 1. The molecule has 2 aromatic heterocycles. The van der Waals surface area contributed by atoms with Crippen LogP contribution < -0.4 is 10.6 Å². The summed E-state index contributed by atoms with van der Waals surface area (Å²) in [6.07, 6.45) is -1.77. The van der Waals surface area contributed by atoms with E-state index in [0.29, 0.717) is 28.7 Å². The van der Waals surface area contributed by atoms with Gasteiger partial charge in [-0.15, -0.1) is 11.3 Å². The number of aromatic nitrogens is 2. The number of rotatable bonds is 6. The molecule has 8 nitrogen and oxygen atoms in total. The quantitative estimate of drug-likeness (QED) is 0.295. The molecule has 4 heterocycles. The summed E-state index contributed by atoms with van der Waals surface area (Å²) in [7, 11) is 0. The maximum atomic E-state index is 15.0. The number of benzene rings is 1. The van der Waals surface area contributed by atoms with Crippen molar-refractivity contribution in [2.45, 2.75) is 67.5 Å². The fourth-order valence-corrected chi connectivity index (χ4v) is 6.73. The Morgan fingerprint density at radius 1 is 1.35 bits per heavy atom. The SMILES string of the molecule is CC(C)N1CC[C@@H](Nc2cccc3c(SC(F)(F)F)c(-c4noc([C@H]5C[C@@H](O)C(=O)N5)n4)sc23)[C@@H](F)C1. The van der Waals surface area contributed by atoms with Crippen molar-refractivity contribution < 1.29 is 32.0 Å². The number of alkyl halides is 4. The number of nitrogens with zero attached hydrogens (tertiary/aromatic N) is 3. The molecule has 3 N–H and O–H groups in total. The number of halogens is 4. The number of carbonyl (C=O) groups is 1. The topological polar surface area (TPSA) is 104 Å². The van der Waals surface area contributed by atoms with Gasteiger partial charge in [0, 0.05) is 35.8 Å². The van der Waals surface area contributed by atoms with Gasteiger partial charge in [-0.1, -0.05) is 17.3 Å². The average molecular weight is 560 g/mol. The first-order valence-corrected chi connectivity index (χ1v) is 13.4. The Bertz CT molecular complexity index is 1300. The van der Waals surface area contributed by atoms with Gasteiger partial charge in [0.15, 0.2) is 0 Å². The van der Waals surface area contributed by atoms with Crippen LogP contribution >= 0.6 is 23.1 Å². The molecular formula is C23H25F4N5O3S2. The third-order valence-electron chi connectivity index (χ3n) is 6.55. The van der Waals surface area contributed by atoms with Gasteiger partial charge in [-0.3, -0.25) is 9.69 Å². The Morgan fingerprint density at radius 3 is 2.78 bits per heavy atom. The minimum atomic E-state index is -4.57. The first kappa shape index (κ1) is 26.2. The van der Waals surface area contributed by atoms with Crippen molar-refractivity contribution in [1.82, 2.24) is 20.4 Å². The second-order valence-electron chi connectivity index (χ2n) is 9.40. The molecule has 1 amide bonds. The zero-order valence-corrected chi connectivity index (χ0v) is 21.5. The van der Waals surface area contributed by atoms with Gasteiger partial charge in [-0.2, -0.15) is 18.2 Å². The zero-order chi connectivity index (χ0) is 26.5. The van der Waals surface area contributed by atoms with Gasteiger partial charge < -0.3 is 20.3 Å². The van der Waals surface area contributed by atoms with Crippen molar-refractivity contribution in [2.75, 3.05) is 18.4 Å². The minimum absolute atomic E-state index is 0.00385. The molecule has 200 valence electrons. The molecule has 14 heteroatoms. The summed E-state index contributed by atoms with van der Waals surface area (Å²) in [5.41, 5.74) is -4.03. The van der Waals surface area contributed by atoms with E-state index >= 15 is 0 Å². The molecule has 0 saturated carbocycles. The summed E-state index contributed by atoms with van der Waals surface area (Å²) in [5.74, 6) is -0.643. The van der Waals surface area contributed by atoms with Crippen LogP contribution in [0, 0.1) is 0 Å². The van der Waals surface area contributed by atoms with Crippen LogP contribution in [-0.2, 0) is 4.79 Å². The second kappa shape index (κ2) is 10.0. The molecule has 2 aliphatic rings. The molecule has 0 radical (unpaired) electrons. The van der Waals surface area contributed by atoms with Crippen molar-refractivity contribution in [2.24, 2.45) is 0 Å². The van der Waals surface area contributed by atoms with Gasteiger partial charge in [0.25, 0.3) is 0 Å². The lowest BCUT2D eigenvalue weighted by Crippen LogP contribution is -2.50. The molecule has 1 aromatic carbocycles. The Hall–Kier alpha value is -2.42. The van der Waals surface area contributed by atoms with Gasteiger partial charge in [0.1, 0.15) is 18.3 Å². The van der Waals surface area contributed by atoms with Gasteiger partial charge >= 0.3 is 5.51 Å². The van der Waals surface area contributed by atoms with Crippen LogP contribution in [0.15, 0.2) is 27.6 Å². The third kappa shape index (κ3) is 5.42. The summed E-state index contributed by atoms with van der Waals surface area (Å²) >= 11 is 0.789. The maximum Gasteiger partial charge on any atom is 0.446 e. The fourth-order valence-electron chi connectivity index (χ4n) is 4.62. The highest BCUT2D eigenvalue weighted by atomic mass is 32.2. The summed E-state index contributed by atoms with van der Waals surface area (Å²) in [6.45, 7) is 5.03. The van der Waals surface area contributed by atoms with Crippen LogP contribution in [0.5, 0.6) is 0 Å². The summed E-state index contributed by atoms with van der Waals surface area (Å²) in [4.78, 5) is 18.0. The Morgan fingerprint density at radius 2 is 2.14 bits per heavy atom. The maximum absolute atomic E-state index is 15.0. The number of hydrogen-bond acceptors (Lipinski definition) is 9. The van der Waals surface area contributed by atoms with Crippen LogP contribution in [0.4, 0.5) is 23.2 Å². The normalized spacial score (nSPS) is 25.2. The fraction of sp³-hybridized carbons (Fsp3) is 0.522. The molecule has 2 fully saturated rings. The van der Waals surface area contributed by atoms with Gasteiger partial charge in [-0.05, 0) is 38.1 Å². The van der Waals surface area contributed by atoms with E-state index < -0.39 is 35.8 Å². The van der Waals surface area contributed by atoms with E-state index in [4.69, 9.17) is 4.52 Å². The van der Waals surface area contributed by atoms with Gasteiger partial charge in [-0.25, -0.2) is 4.39 Å². The van der Waals surface area contributed by atoms with Crippen molar-refractivity contribution in [3.05, 3.63) is 24.1 Å².